The molecule has 1 aliphatic rings. The average molecular weight is 292 g/mol. The van der Waals surface area contributed by atoms with Crippen molar-refractivity contribution in [3.8, 4) is 0 Å². The van der Waals surface area contributed by atoms with Crippen molar-refractivity contribution in [1.82, 2.24) is 0 Å². The van der Waals surface area contributed by atoms with Crippen LogP contribution in [0.25, 0.3) is 0 Å². The third kappa shape index (κ3) is 5.40. The molecule has 1 aromatic carbocycles. The predicted molar refractivity (Wildman–Crippen MR) is 91.6 cm³/mol. The lowest BCUT2D eigenvalue weighted by molar-refractivity contribution is 0.557. The van der Waals surface area contributed by atoms with Gasteiger partial charge in [0, 0.05) is 10.6 Å². The molecule has 0 radical (unpaired) electrons. The van der Waals surface area contributed by atoms with Gasteiger partial charge in [-0.2, -0.15) is 0 Å². The van der Waals surface area contributed by atoms with E-state index in [1.54, 1.807) is 0 Å². The van der Waals surface area contributed by atoms with Crippen molar-refractivity contribution in [2.45, 2.75) is 81.4 Å². The summed E-state index contributed by atoms with van der Waals surface area (Å²) in [5.74, 6) is 0. The molecule has 1 N–H and O–H groups in total. The lowest BCUT2D eigenvalue weighted by Crippen LogP contribution is -2.09. The molecule has 0 bridgehead atoms. The van der Waals surface area contributed by atoms with Crippen LogP contribution in [-0.4, -0.2) is 5.37 Å². The molecule has 0 saturated carbocycles. The van der Waals surface area contributed by atoms with Crippen LogP contribution in [0.3, 0.4) is 0 Å². The fraction of sp³-hybridized carbons (Fsp3) is 0.667. The predicted octanol–water partition coefficient (Wildman–Crippen LogP) is 6.45. The highest BCUT2D eigenvalue weighted by atomic mass is 32.2. The van der Waals surface area contributed by atoms with Gasteiger partial charge in [-0.05, 0) is 18.6 Å². The second kappa shape index (κ2) is 9.33. The van der Waals surface area contributed by atoms with Crippen LogP contribution in [0, 0.1) is 0 Å². The Balaban J connectivity index is 1.45. The third-order valence-corrected chi connectivity index (χ3v) is 5.29. The second-order valence-corrected chi connectivity index (χ2v) is 7.11. The van der Waals surface area contributed by atoms with Crippen molar-refractivity contribution < 1.29 is 0 Å². The van der Waals surface area contributed by atoms with Crippen LogP contribution in [0.1, 0.15) is 71.1 Å². The Labute approximate surface area is 128 Å². The highest BCUT2D eigenvalue weighted by Gasteiger charge is 2.19. The molecule has 1 aromatic rings. The molecule has 2 heteroatoms. The molecule has 0 fully saturated rings. The van der Waals surface area contributed by atoms with E-state index in [0.29, 0.717) is 5.37 Å². The van der Waals surface area contributed by atoms with Crippen molar-refractivity contribution in [3.05, 3.63) is 24.3 Å². The number of hydrogen-bond donors (Lipinski definition) is 1. The number of hydrogen-bond acceptors (Lipinski definition) is 2. The summed E-state index contributed by atoms with van der Waals surface area (Å²) in [6, 6.07) is 8.67. The Kier molecular flexibility index (Phi) is 7.35. The average Bonchev–Trinajstić information content (AvgIpc) is 2.88. The van der Waals surface area contributed by atoms with E-state index in [1.165, 1.54) is 74.8 Å². The van der Waals surface area contributed by atoms with Crippen LogP contribution in [0.5, 0.6) is 0 Å². The van der Waals surface area contributed by atoms with Gasteiger partial charge in [-0.25, -0.2) is 0 Å². The normalized spacial score (nSPS) is 16.9. The number of nitrogens with one attached hydrogen (secondary N) is 1. The van der Waals surface area contributed by atoms with Gasteiger partial charge in [0.2, 0.25) is 0 Å². The molecule has 1 heterocycles. The molecule has 0 amide bonds. The van der Waals surface area contributed by atoms with Gasteiger partial charge in [0.05, 0.1) is 5.37 Å². The SMILES string of the molecule is CCCCCCCCCCCC1Nc2ccccc2S1. The smallest absolute Gasteiger partial charge is 0.0770 e. The molecule has 1 unspecified atom stereocenters. The van der Waals surface area contributed by atoms with Crippen LogP contribution in [0.2, 0.25) is 0 Å². The van der Waals surface area contributed by atoms with Gasteiger partial charge in [-0.3, -0.25) is 0 Å². The quantitative estimate of drug-likeness (QED) is 0.497. The summed E-state index contributed by atoms with van der Waals surface area (Å²) >= 11 is 2.00. The van der Waals surface area contributed by atoms with Crippen molar-refractivity contribution >= 4 is 17.4 Å². The summed E-state index contributed by atoms with van der Waals surface area (Å²) in [5, 5.41) is 4.23. The maximum Gasteiger partial charge on any atom is 0.0770 e. The fourth-order valence-corrected chi connectivity index (χ4v) is 4.00. The van der Waals surface area contributed by atoms with Gasteiger partial charge in [-0.1, -0.05) is 88.6 Å². The van der Waals surface area contributed by atoms with Crippen LogP contribution in [-0.2, 0) is 0 Å². The standard InChI is InChI=1S/C18H29NS/c1-2-3-4-5-6-7-8-9-10-15-18-19-16-13-11-12-14-17(16)20-18/h11-14,18-19H,2-10,15H2,1H3. The fourth-order valence-electron chi connectivity index (χ4n) is 2.82. The van der Waals surface area contributed by atoms with E-state index in [2.05, 4.69) is 36.5 Å². The summed E-state index contributed by atoms with van der Waals surface area (Å²) in [4.78, 5) is 1.42. The van der Waals surface area contributed by atoms with E-state index < -0.39 is 0 Å². The summed E-state index contributed by atoms with van der Waals surface area (Å²) in [5.41, 5.74) is 1.33. The van der Waals surface area contributed by atoms with E-state index in [1.807, 2.05) is 11.8 Å². The third-order valence-electron chi connectivity index (χ3n) is 4.04. The molecule has 1 nitrogen and oxygen atoms in total. The summed E-state index contributed by atoms with van der Waals surface area (Å²) in [6.07, 6.45) is 14.1. The first-order chi connectivity index (χ1) is 9.90. The molecule has 0 spiro atoms. The van der Waals surface area contributed by atoms with E-state index in [-0.39, 0.29) is 0 Å². The first-order valence-electron chi connectivity index (χ1n) is 8.42. The maximum atomic E-state index is 3.62. The van der Waals surface area contributed by atoms with Gasteiger partial charge < -0.3 is 5.32 Å². The maximum absolute atomic E-state index is 3.62. The van der Waals surface area contributed by atoms with Gasteiger partial charge in [0.15, 0.2) is 0 Å². The second-order valence-electron chi connectivity index (χ2n) is 5.86. The summed E-state index contributed by atoms with van der Waals surface area (Å²) in [7, 11) is 0. The van der Waals surface area contributed by atoms with Crippen LogP contribution in [0.15, 0.2) is 29.2 Å². The molecule has 0 saturated heterocycles. The van der Waals surface area contributed by atoms with Crippen LogP contribution >= 0.6 is 11.8 Å². The van der Waals surface area contributed by atoms with Crippen molar-refractivity contribution in [3.63, 3.8) is 0 Å². The molecule has 1 atom stereocenters. The van der Waals surface area contributed by atoms with E-state index in [4.69, 9.17) is 0 Å². The van der Waals surface area contributed by atoms with E-state index in [0.717, 1.165) is 0 Å². The minimum atomic E-state index is 0.608. The van der Waals surface area contributed by atoms with Crippen LogP contribution in [0.4, 0.5) is 5.69 Å². The van der Waals surface area contributed by atoms with Gasteiger partial charge >= 0.3 is 0 Å². The monoisotopic (exact) mass is 291 g/mol. The highest BCUT2D eigenvalue weighted by Crippen LogP contribution is 2.39. The number of fused-ring (bicyclic) bond motifs is 1. The highest BCUT2D eigenvalue weighted by molar-refractivity contribution is 8.00. The first kappa shape index (κ1) is 15.8. The Morgan fingerprint density at radius 1 is 0.900 bits per heavy atom. The molecule has 1 aliphatic heterocycles. The molecule has 112 valence electrons. The zero-order valence-electron chi connectivity index (χ0n) is 12.9. The van der Waals surface area contributed by atoms with E-state index in [9.17, 15) is 0 Å². The Morgan fingerprint density at radius 2 is 1.55 bits per heavy atom. The molecular formula is C18H29NS. The van der Waals surface area contributed by atoms with Crippen molar-refractivity contribution in [1.29, 1.82) is 0 Å². The van der Waals surface area contributed by atoms with Crippen molar-refractivity contribution in [2.75, 3.05) is 5.32 Å². The molecular weight excluding hydrogens is 262 g/mol. The Bertz CT molecular complexity index is 352. The van der Waals surface area contributed by atoms with Gasteiger partial charge in [0.1, 0.15) is 0 Å². The number of thioether (sulfide) groups is 1. The first-order valence-corrected chi connectivity index (χ1v) is 9.30. The van der Waals surface area contributed by atoms with E-state index >= 15 is 0 Å². The number of unbranched alkanes of at least 4 members (excludes halogenated alkanes) is 8. The van der Waals surface area contributed by atoms with Crippen LogP contribution < -0.4 is 5.32 Å². The Hall–Kier alpha value is -0.630. The van der Waals surface area contributed by atoms with Crippen molar-refractivity contribution in [2.24, 2.45) is 0 Å². The minimum Gasteiger partial charge on any atom is -0.372 e. The van der Waals surface area contributed by atoms with Gasteiger partial charge in [-0.15, -0.1) is 0 Å². The summed E-state index contributed by atoms with van der Waals surface area (Å²) in [6.45, 7) is 2.29. The number of rotatable bonds is 10. The topological polar surface area (TPSA) is 12.0 Å². The lowest BCUT2D eigenvalue weighted by atomic mass is 10.1. The number of benzene rings is 1. The molecule has 2 rings (SSSR count). The minimum absolute atomic E-state index is 0.608. The number of para-hydroxylation sites is 1. The van der Waals surface area contributed by atoms with Gasteiger partial charge in [0.25, 0.3) is 0 Å². The zero-order chi connectivity index (χ0) is 14.0. The largest absolute Gasteiger partial charge is 0.372 e. The Morgan fingerprint density at radius 3 is 2.25 bits per heavy atom. The molecule has 0 aromatic heterocycles. The number of anilines is 1. The molecule has 0 aliphatic carbocycles. The zero-order valence-corrected chi connectivity index (χ0v) is 13.7. The summed E-state index contributed by atoms with van der Waals surface area (Å²) < 4.78 is 0. The lowest BCUT2D eigenvalue weighted by Gasteiger charge is -2.09. The molecule has 20 heavy (non-hydrogen) atoms.